The van der Waals surface area contributed by atoms with Gasteiger partial charge in [-0.25, -0.2) is 23.7 Å². The Morgan fingerprint density at radius 3 is 2.55 bits per heavy atom. The van der Waals surface area contributed by atoms with E-state index in [4.69, 9.17) is 0 Å². The summed E-state index contributed by atoms with van der Waals surface area (Å²) < 4.78 is 26.5. The number of nitrogens with one attached hydrogen (secondary N) is 2. The van der Waals surface area contributed by atoms with E-state index in [2.05, 4.69) is 30.6 Å². The summed E-state index contributed by atoms with van der Waals surface area (Å²) in [5.41, 5.74) is 2.52. The zero-order valence-corrected chi connectivity index (χ0v) is 17.4. The third kappa shape index (κ3) is 4.64. The van der Waals surface area contributed by atoms with Crippen molar-refractivity contribution in [3.8, 4) is 0 Å². The molecule has 9 nitrogen and oxygen atoms in total. The maximum absolute atomic E-state index is 13.3. The van der Waals surface area contributed by atoms with E-state index in [1.807, 2.05) is 6.07 Å². The number of aromatic nitrogens is 4. The first kappa shape index (κ1) is 21.3. The minimum absolute atomic E-state index is 0.156. The minimum atomic E-state index is -2.83. The summed E-state index contributed by atoms with van der Waals surface area (Å²) in [7, 11) is 0. The topological polar surface area (TPSA) is 116 Å². The van der Waals surface area contributed by atoms with Crippen molar-refractivity contribution in [2.75, 3.05) is 23.7 Å². The van der Waals surface area contributed by atoms with Crippen LogP contribution in [0.5, 0.6) is 0 Å². The van der Waals surface area contributed by atoms with Crippen LogP contribution in [0.3, 0.4) is 0 Å². The number of aliphatic hydroxyl groups excluding tert-OH is 1. The van der Waals surface area contributed by atoms with Crippen LogP contribution in [0, 0.1) is 0 Å². The summed E-state index contributed by atoms with van der Waals surface area (Å²) in [4.78, 5) is 31.0. The average molecular weight is 453 g/mol. The highest BCUT2D eigenvalue weighted by Crippen LogP contribution is 2.40. The molecule has 1 saturated carbocycles. The van der Waals surface area contributed by atoms with Gasteiger partial charge in [0.15, 0.2) is 5.69 Å². The smallest absolute Gasteiger partial charge is 0.276 e. The molecule has 0 bridgehead atoms. The lowest BCUT2D eigenvalue weighted by Gasteiger charge is -2.41. The summed E-state index contributed by atoms with van der Waals surface area (Å²) in [6, 6.07) is 5.15. The molecular weight excluding hydrogens is 432 g/mol. The molecule has 1 amide bonds. The first-order chi connectivity index (χ1) is 15.9. The number of anilines is 3. The molecule has 1 aliphatic heterocycles. The van der Waals surface area contributed by atoms with Gasteiger partial charge in [-0.05, 0) is 31.0 Å². The maximum Gasteiger partial charge on any atom is 0.276 e. The van der Waals surface area contributed by atoms with E-state index >= 15 is 0 Å². The molecule has 3 aromatic heterocycles. The second kappa shape index (κ2) is 8.41. The number of pyridine rings is 2. The number of hydrogen-bond donors (Lipinski definition) is 3. The molecule has 0 radical (unpaired) electrons. The Kier molecular flexibility index (Phi) is 5.43. The van der Waals surface area contributed by atoms with Crippen molar-refractivity contribution in [3.63, 3.8) is 0 Å². The molecule has 1 unspecified atom stereocenters. The van der Waals surface area contributed by atoms with Crippen molar-refractivity contribution < 1.29 is 18.7 Å². The normalized spacial score (nSPS) is 18.3. The number of aliphatic hydroxyl groups is 1. The van der Waals surface area contributed by atoms with Crippen LogP contribution in [0.25, 0.3) is 0 Å². The van der Waals surface area contributed by atoms with E-state index in [9.17, 15) is 18.7 Å². The van der Waals surface area contributed by atoms with E-state index < -0.39 is 31.1 Å². The molecule has 170 valence electrons. The fraction of sp³-hybridized carbons (Fsp3) is 0.318. The molecule has 1 aliphatic carbocycles. The van der Waals surface area contributed by atoms with E-state index in [0.29, 0.717) is 17.3 Å². The number of carbonyl (C=O) groups is 1. The predicted molar refractivity (Wildman–Crippen MR) is 115 cm³/mol. The molecule has 2 aliphatic rings. The standard InChI is InChI=1S/C22H21F2N7O2/c23-22(24)10-31(11-22)21(33)15-5-6-25-9-18(15)30-20(32)19-17(28-14-7-26-12-27-8-14)4-3-16(29-19)13-1-2-13/h3-9,12-13,21,28,33H,1-2,10-11H2,(H,30,32). The van der Waals surface area contributed by atoms with Crippen molar-refractivity contribution in [2.45, 2.75) is 30.9 Å². The number of halogens is 2. The highest BCUT2D eigenvalue weighted by Gasteiger charge is 2.47. The third-order valence-corrected chi connectivity index (χ3v) is 5.56. The fourth-order valence-corrected chi connectivity index (χ4v) is 3.71. The van der Waals surface area contributed by atoms with Crippen LogP contribution in [0.1, 0.15) is 46.7 Å². The maximum atomic E-state index is 13.3. The summed E-state index contributed by atoms with van der Waals surface area (Å²) >= 11 is 0. The molecular formula is C22H21F2N7O2. The summed E-state index contributed by atoms with van der Waals surface area (Å²) in [5.74, 6) is -3.02. The zero-order chi connectivity index (χ0) is 23.0. The van der Waals surface area contributed by atoms with E-state index in [-0.39, 0.29) is 16.9 Å². The summed E-state index contributed by atoms with van der Waals surface area (Å²) in [6.45, 7) is -1.11. The lowest BCUT2D eigenvalue weighted by atomic mass is 10.1. The lowest BCUT2D eigenvalue weighted by molar-refractivity contribution is -0.185. The highest BCUT2D eigenvalue weighted by atomic mass is 19.3. The first-order valence-corrected chi connectivity index (χ1v) is 10.5. The Morgan fingerprint density at radius 2 is 1.85 bits per heavy atom. The molecule has 2 fully saturated rings. The molecule has 11 heteroatoms. The zero-order valence-electron chi connectivity index (χ0n) is 17.4. The van der Waals surface area contributed by atoms with Gasteiger partial charge in [-0.2, -0.15) is 0 Å². The van der Waals surface area contributed by atoms with Crippen LogP contribution in [-0.4, -0.2) is 54.9 Å². The van der Waals surface area contributed by atoms with Crippen LogP contribution in [0.2, 0.25) is 0 Å². The molecule has 3 N–H and O–H groups in total. The van der Waals surface area contributed by atoms with Crippen LogP contribution in [-0.2, 0) is 0 Å². The minimum Gasteiger partial charge on any atom is -0.374 e. The summed E-state index contributed by atoms with van der Waals surface area (Å²) in [5, 5.41) is 16.4. The van der Waals surface area contributed by atoms with Gasteiger partial charge in [0.25, 0.3) is 11.8 Å². The van der Waals surface area contributed by atoms with Crippen molar-refractivity contribution in [1.29, 1.82) is 0 Å². The first-order valence-electron chi connectivity index (χ1n) is 10.5. The van der Waals surface area contributed by atoms with Gasteiger partial charge in [0.2, 0.25) is 0 Å². The average Bonchev–Trinajstić information content (AvgIpc) is 3.64. The Bertz CT molecular complexity index is 1170. The van der Waals surface area contributed by atoms with E-state index in [1.54, 1.807) is 18.5 Å². The van der Waals surface area contributed by atoms with Crippen molar-refractivity contribution >= 4 is 23.0 Å². The third-order valence-electron chi connectivity index (χ3n) is 5.56. The predicted octanol–water partition coefficient (Wildman–Crippen LogP) is 3.08. The molecule has 33 heavy (non-hydrogen) atoms. The number of likely N-dealkylation sites (tertiary alicyclic amines) is 1. The highest BCUT2D eigenvalue weighted by molar-refractivity contribution is 6.07. The second-order valence-electron chi connectivity index (χ2n) is 8.21. The van der Waals surface area contributed by atoms with Crippen LogP contribution >= 0.6 is 0 Å². The molecule has 4 heterocycles. The Hall–Kier alpha value is -3.57. The second-order valence-corrected chi connectivity index (χ2v) is 8.21. The molecule has 0 aromatic carbocycles. The lowest BCUT2D eigenvalue weighted by Crippen LogP contribution is -2.57. The van der Waals surface area contributed by atoms with Gasteiger partial charge in [-0.1, -0.05) is 0 Å². The SMILES string of the molecule is O=C(Nc1cnccc1C(O)N1CC(F)(F)C1)c1nc(C2CC2)ccc1Nc1cncnc1. The number of amides is 1. The van der Waals surface area contributed by atoms with Gasteiger partial charge in [0.05, 0.1) is 48.7 Å². The van der Waals surface area contributed by atoms with Crippen molar-refractivity contribution in [1.82, 2.24) is 24.8 Å². The van der Waals surface area contributed by atoms with Crippen LogP contribution in [0.15, 0.2) is 49.3 Å². The van der Waals surface area contributed by atoms with Crippen molar-refractivity contribution in [2.24, 2.45) is 0 Å². The monoisotopic (exact) mass is 453 g/mol. The van der Waals surface area contributed by atoms with Gasteiger partial charge in [-0.15, -0.1) is 0 Å². The number of alkyl halides is 2. The van der Waals surface area contributed by atoms with Crippen LogP contribution in [0.4, 0.5) is 25.8 Å². The van der Waals surface area contributed by atoms with E-state index in [1.165, 1.54) is 29.7 Å². The molecule has 5 rings (SSSR count). The quantitative estimate of drug-likeness (QED) is 0.500. The van der Waals surface area contributed by atoms with Gasteiger partial charge >= 0.3 is 0 Å². The van der Waals surface area contributed by atoms with Gasteiger partial charge in [-0.3, -0.25) is 14.7 Å². The van der Waals surface area contributed by atoms with E-state index in [0.717, 1.165) is 18.5 Å². The Balaban J connectivity index is 1.41. The number of rotatable bonds is 7. The van der Waals surface area contributed by atoms with Gasteiger partial charge in [0.1, 0.15) is 12.6 Å². The molecule has 3 aromatic rings. The van der Waals surface area contributed by atoms with Crippen molar-refractivity contribution in [3.05, 3.63) is 66.3 Å². The number of carbonyl (C=O) groups excluding carboxylic acids is 1. The fourth-order valence-electron chi connectivity index (χ4n) is 3.71. The number of hydrogen-bond acceptors (Lipinski definition) is 8. The van der Waals surface area contributed by atoms with Gasteiger partial charge < -0.3 is 15.7 Å². The Morgan fingerprint density at radius 1 is 1.09 bits per heavy atom. The van der Waals surface area contributed by atoms with Crippen LogP contribution < -0.4 is 10.6 Å². The van der Waals surface area contributed by atoms with Gasteiger partial charge in [0, 0.05) is 23.4 Å². The molecule has 1 atom stereocenters. The number of nitrogens with zero attached hydrogens (tertiary/aromatic N) is 5. The Labute approximate surface area is 187 Å². The summed E-state index contributed by atoms with van der Waals surface area (Å²) in [6.07, 6.45) is 8.09. The molecule has 1 saturated heterocycles. The largest absolute Gasteiger partial charge is 0.374 e. The molecule has 0 spiro atoms.